The number of pyridine rings is 1. The standard InChI is InChI=1S/C14H13N3O3/c1-3-19-14(18)11-6-15-17-7-10(4-5-13(11)17)12-8-20-9(2)16-12/h4-8H,3H2,1-2H3. The largest absolute Gasteiger partial charge is 0.462 e. The Hall–Kier alpha value is -2.63. The van der Waals surface area contributed by atoms with Crippen LogP contribution in [-0.2, 0) is 4.74 Å². The van der Waals surface area contributed by atoms with Crippen LogP contribution >= 0.6 is 0 Å². The average Bonchev–Trinajstić information content (AvgIpc) is 3.04. The smallest absolute Gasteiger partial charge is 0.341 e. The summed E-state index contributed by atoms with van der Waals surface area (Å²) < 4.78 is 11.8. The maximum Gasteiger partial charge on any atom is 0.341 e. The molecule has 0 saturated heterocycles. The van der Waals surface area contributed by atoms with Crippen molar-refractivity contribution in [2.24, 2.45) is 0 Å². The maximum absolute atomic E-state index is 11.8. The molecule has 0 aliphatic carbocycles. The summed E-state index contributed by atoms with van der Waals surface area (Å²) >= 11 is 0. The fourth-order valence-corrected chi connectivity index (χ4v) is 2.00. The fraction of sp³-hybridized carbons (Fsp3) is 0.214. The van der Waals surface area contributed by atoms with E-state index in [2.05, 4.69) is 10.1 Å². The number of rotatable bonds is 3. The van der Waals surface area contributed by atoms with E-state index in [4.69, 9.17) is 9.15 Å². The predicted octanol–water partition coefficient (Wildman–Crippen LogP) is 2.47. The quantitative estimate of drug-likeness (QED) is 0.684. The molecule has 3 rings (SSSR count). The molecule has 3 aromatic heterocycles. The monoisotopic (exact) mass is 271 g/mol. The third-order valence-electron chi connectivity index (χ3n) is 2.93. The topological polar surface area (TPSA) is 69.6 Å². The van der Waals surface area contributed by atoms with Gasteiger partial charge in [-0.3, -0.25) is 0 Å². The summed E-state index contributed by atoms with van der Waals surface area (Å²) in [6.45, 7) is 3.90. The van der Waals surface area contributed by atoms with Gasteiger partial charge in [0.15, 0.2) is 5.89 Å². The van der Waals surface area contributed by atoms with E-state index in [0.29, 0.717) is 23.6 Å². The van der Waals surface area contributed by atoms with E-state index in [1.807, 2.05) is 12.1 Å². The second kappa shape index (κ2) is 4.80. The lowest BCUT2D eigenvalue weighted by Crippen LogP contribution is -2.03. The predicted molar refractivity (Wildman–Crippen MR) is 71.4 cm³/mol. The van der Waals surface area contributed by atoms with Gasteiger partial charge in [-0.15, -0.1) is 0 Å². The van der Waals surface area contributed by atoms with Crippen LogP contribution in [0, 0.1) is 6.92 Å². The van der Waals surface area contributed by atoms with Crippen molar-refractivity contribution in [3.63, 3.8) is 0 Å². The number of hydrogen-bond acceptors (Lipinski definition) is 5. The first kappa shape index (κ1) is 12.4. The Morgan fingerprint density at radius 2 is 2.30 bits per heavy atom. The van der Waals surface area contributed by atoms with Gasteiger partial charge in [0.2, 0.25) is 0 Å². The molecule has 3 heterocycles. The first-order chi connectivity index (χ1) is 9.69. The Kier molecular flexibility index (Phi) is 2.98. The Morgan fingerprint density at radius 3 is 3.00 bits per heavy atom. The highest BCUT2D eigenvalue weighted by Crippen LogP contribution is 2.21. The number of aromatic nitrogens is 3. The lowest BCUT2D eigenvalue weighted by atomic mass is 10.2. The molecule has 0 unspecified atom stereocenters. The van der Waals surface area contributed by atoms with Gasteiger partial charge in [-0.2, -0.15) is 5.10 Å². The molecule has 0 fully saturated rings. The lowest BCUT2D eigenvalue weighted by molar-refractivity contribution is 0.0528. The molecular weight excluding hydrogens is 258 g/mol. The van der Waals surface area contributed by atoms with Gasteiger partial charge in [0.05, 0.1) is 18.3 Å². The number of nitrogens with zero attached hydrogens (tertiary/aromatic N) is 3. The molecule has 0 amide bonds. The molecule has 0 spiro atoms. The summed E-state index contributed by atoms with van der Waals surface area (Å²) in [5, 5.41) is 4.17. The van der Waals surface area contributed by atoms with E-state index in [9.17, 15) is 4.79 Å². The number of esters is 1. The molecule has 6 nitrogen and oxygen atoms in total. The number of fused-ring (bicyclic) bond motifs is 1. The summed E-state index contributed by atoms with van der Waals surface area (Å²) in [5.74, 6) is 0.236. The van der Waals surface area contributed by atoms with Gasteiger partial charge in [0, 0.05) is 18.7 Å². The summed E-state index contributed by atoms with van der Waals surface area (Å²) in [5.41, 5.74) is 2.76. The molecule has 0 saturated carbocycles. The van der Waals surface area contributed by atoms with Gasteiger partial charge in [0.25, 0.3) is 0 Å². The van der Waals surface area contributed by atoms with Gasteiger partial charge in [-0.25, -0.2) is 14.3 Å². The van der Waals surface area contributed by atoms with E-state index in [0.717, 1.165) is 11.3 Å². The van der Waals surface area contributed by atoms with Crippen LogP contribution in [0.3, 0.4) is 0 Å². The molecule has 0 aromatic carbocycles. The van der Waals surface area contributed by atoms with E-state index >= 15 is 0 Å². The molecular formula is C14H13N3O3. The normalized spacial score (nSPS) is 10.9. The summed E-state index contributed by atoms with van der Waals surface area (Å²) in [6, 6.07) is 3.69. The molecule has 0 aliphatic rings. The van der Waals surface area contributed by atoms with Crippen molar-refractivity contribution >= 4 is 11.5 Å². The van der Waals surface area contributed by atoms with Crippen molar-refractivity contribution in [3.05, 3.63) is 42.2 Å². The molecule has 102 valence electrons. The van der Waals surface area contributed by atoms with Crippen LogP contribution in [0.4, 0.5) is 0 Å². The summed E-state index contributed by atoms with van der Waals surface area (Å²) in [6.07, 6.45) is 4.90. The van der Waals surface area contributed by atoms with Gasteiger partial charge in [-0.05, 0) is 19.1 Å². The minimum atomic E-state index is -0.368. The van der Waals surface area contributed by atoms with E-state index in [-0.39, 0.29) is 5.97 Å². The van der Waals surface area contributed by atoms with Crippen LogP contribution in [0.25, 0.3) is 16.8 Å². The number of carbonyl (C=O) groups is 1. The van der Waals surface area contributed by atoms with E-state index in [1.54, 1.807) is 30.8 Å². The highest BCUT2D eigenvalue weighted by atomic mass is 16.5. The van der Waals surface area contributed by atoms with Gasteiger partial charge >= 0.3 is 5.97 Å². The Balaban J connectivity index is 2.03. The number of oxazole rings is 1. The Bertz CT molecular complexity index is 773. The molecule has 0 radical (unpaired) electrons. The second-order valence-electron chi connectivity index (χ2n) is 4.28. The minimum Gasteiger partial charge on any atom is -0.462 e. The number of carbonyl (C=O) groups excluding carboxylic acids is 1. The highest BCUT2D eigenvalue weighted by Gasteiger charge is 2.14. The van der Waals surface area contributed by atoms with Crippen LogP contribution in [0.5, 0.6) is 0 Å². The fourth-order valence-electron chi connectivity index (χ4n) is 2.00. The van der Waals surface area contributed by atoms with Crippen molar-refractivity contribution in [1.82, 2.24) is 14.6 Å². The van der Waals surface area contributed by atoms with Crippen LogP contribution < -0.4 is 0 Å². The molecule has 0 bridgehead atoms. The average molecular weight is 271 g/mol. The number of hydrogen-bond donors (Lipinski definition) is 0. The zero-order valence-corrected chi connectivity index (χ0v) is 11.2. The third kappa shape index (κ3) is 2.05. The molecule has 20 heavy (non-hydrogen) atoms. The van der Waals surface area contributed by atoms with Crippen LogP contribution in [0.1, 0.15) is 23.2 Å². The van der Waals surface area contributed by atoms with Crippen molar-refractivity contribution in [3.8, 4) is 11.3 Å². The SMILES string of the molecule is CCOC(=O)c1cnn2cc(-c3coc(C)n3)ccc12. The molecule has 0 N–H and O–H groups in total. The summed E-state index contributed by atoms with van der Waals surface area (Å²) in [4.78, 5) is 16.0. The first-order valence-corrected chi connectivity index (χ1v) is 6.26. The molecule has 6 heteroatoms. The number of aryl methyl sites for hydroxylation is 1. The number of ether oxygens (including phenoxy) is 1. The molecule has 3 aromatic rings. The highest BCUT2D eigenvalue weighted by molar-refractivity contribution is 5.96. The Labute approximate surface area is 115 Å². The van der Waals surface area contributed by atoms with E-state index < -0.39 is 0 Å². The minimum absolute atomic E-state index is 0.340. The van der Waals surface area contributed by atoms with Gasteiger partial charge in [0.1, 0.15) is 17.5 Å². The van der Waals surface area contributed by atoms with Crippen molar-refractivity contribution in [2.75, 3.05) is 6.61 Å². The first-order valence-electron chi connectivity index (χ1n) is 6.26. The zero-order valence-electron chi connectivity index (χ0n) is 11.2. The van der Waals surface area contributed by atoms with Crippen molar-refractivity contribution in [1.29, 1.82) is 0 Å². The third-order valence-corrected chi connectivity index (χ3v) is 2.93. The Morgan fingerprint density at radius 1 is 1.45 bits per heavy atom. The van der Waals surface area contributed by atoms with Gasteiger partial charge < -0.3 is 9.15 Å². The second-order valence-corrected chi connectivity index (χ2v) is 4.28. The van der Waals surface area contributed by atoms with Crippen molar-refractivity contribution < 1.29 is 13.9 Å². The van der Waals surface area contributed by atoms with Crippen LogP contribution in [-0.4, -0.2) is 27.2 Å². The summed E-state index contributed by atoms with van der Waals surface area (Å²) in [7, 11) is 0. The zero-order chi connectivity index (χ0) is 14.1. The van der Waals surface area contributed by atoms with Crippen LogP contribution in [0.2, 0.25) is 0 Å². The lowest BCUT2D eigenvalue weighted by Gasteiger charge is -2.01. The maximum atomic E-state index is 11.8. The molecule has 0 atom stereocenters. The van der Waals surface area contributed by atoms with E-state index in [1.165, 1.54) is 6.20 Å². The molecule has 0 aliphatic heterocycles. The van der Waals surface area contributed by atoms with Crippen molar-refractivity contribution in [2.45, 2.75) is 13.8 Å². The van der Waals surface area contributed by atoms with Crippen LogP contribution in [0.15, 0.2) is 35.2 Å². The van der Waals surface area contributed by atoms with Gasteiger partial charge in [-0.1, -0.05) is 0 Å².